The third-order valence-electron chi connectivity index (χ3n) is 5.50. The monoisotopic (exact) mass is 336 g/mol. The number of benzene rings is 1. The minimum atomic E-state index is 0. The van der Waals surface area contributed by atoms with Crippen LogP contribution in [-0.2, 0) is 11.2 Å². The third kappa shape index (κ3) is 4.71. The molecule has 1 N–H and O–H groups in total. The van der Waals surface area contributed by atoms with Crippen LogP contribution >= 0.6 is 12.4 Å². The highest BCUT2D eigenvalue weighted by atomic mass is 35.5. The second-order valence-electron chi connectivity index (χ2n) is 6.96. The van der Waals surface area contributed by atoms with Crippen LogP contribution in [0.5, 0.6) is 0 Å². The molecule has 1 amide bonds. The summed E-state index contributed by atoms with van der Waals surface area (Å²) in [4.78, 5) is 14.7. The first kappa shape index (κ1) is 18.3. The topological polar surface area (TPSA) is 32.3 Å². The third-order valence-corrected chi connectivity index (χ3v) is 5.50. The van der Waals surface area contributed by atoms with Crippen LogP contribution in [0.3, 0.4) is 0 Å². The van der Waals surface area contributed by atoms with Gasteiger partial charge in [0.1, 0.15) is 0 Å². The van der Waals surface area contributed by atoms with E-state index in [0.29, 0.717) is 23.8 Å². The summed E-state index contributed by atoms with van der Waals surface area (Å²) in [5, 5.41) is 3.38. The number of hydrogen-bond acceptors (Lipinski definition) is 2. The number of nitrogens with zero attached hydrogens (tertiary/aromatic N) is 1. The number of carbonyl (C=O) groups is 1. The molecule has 1 aromatic rings. The van der Waals surface area contributed by atoms with Gasteiger partial charge in [-0.15, -0.1) is 12.4 Å². The van der Waals surface area contributed by atoms with Crippen molar-refractivity contribution in [3.05, 3.63) is 35.9 Å². The minimum absolute atomic E-state index is 0. The van der Waals surface area contributed by atoms with Gasteiger partial charge in [0.25, 0.3) is 0 Å². The van der Waals surface area contributed by atoms with Crippen LogP contribution in [0.4, 0.5) is 0 Å². The van der Waals surface area contributed by atoms with Gasteiger partial charge < -0.3 is 10.2 Å². The Balaban J connectivity index is 0.00000192. The highest BCUT2D eigenvalue weighted by molar-refractivity contribution is 5.85. The predicted octanol–water partition coefficient (Wildman–Crippen LogP) is 3.28. The quantitative estimate of drug-likeness (QED) is 0.895. The number of hydrogen-bond donors (Lipinski definition) is 1. The number of carbonyl (C=O) groups excluding carboxylic acids is 1. The normalized spacial score (nSPS) is 27.0. The summed E-state index contributed by atoms with van der Waals surface area (Å²) in [5.74, 6) is 1.69. The van der Waals surface area contributed by atoms with Crippen molar-refractivity contribution < 1.29 is 4.79 Å². The smallest absolute Gasteiger partial charge is 0.222 e. The molecule has 2 heterocycles. The summed E-state index contributed by atoms with van der Waals surface area (Å²) in [5.41, 5.74) is 1.39. The van der Waals surface area contributed by atoms with E-state index in [1.165, 1.54) is 12.0 Å². The van der Waals surface area contributed by atoms with Crippen molar-refractivity contribution in [1.29, 1.82) is 0 Å². The van der Waals surface area contributed by atoms with E-state index in [2.05, 4.69) is 47.5 Å². The number of rotatable bonds is 5. The molecule has 0 radical (unpaired) electrons. The molecule has 3 atom stereocenters. The van der Waals surface area contributed by atoms with Gasteiger partial charge >= 0.3 is 0 Å². The Kier molecular flexibility index (Phi) is 6.91. The van der Waals surface area contributed by atoms with Crippen LogP contribution < -0.4 is 5.32 Å². The van der Waals surface area contributed by atoms with Crippen molar-refractivity contribution in [2.75, 3.05) is 19.6 Å². The zero-order valence-corrected chi connectivity index (χ0v) is 14.9. The molecule has 0 bridgehead atoms. The summed E-state index contributed by atoms with van der Waals surface area (Å²) < 4.78 is 0. The van der Waals surface area contributed by atoms with Gasteiger partial charge in [-0.1, -0.05) is 30.3 Å². The van der Waals surface area contributed by atoms with E-state index in [1.807, 2.05) is 0 Å². The Bertz CT molecular complexity index is 487. The van der Waals surface area contributed by atoms with Crippen molar-refractivity contribution in [3.63, 3.8) is 0 Å². The standard InChI is InChI=1S/C19H28N2O.ClH/c1-15-18(13-16-5-3-2-4-6-16)10-12-21(15)19(22)8-7-17-9-11-20-14-17;/h2-6,15,17-18,20H,7-14H2,1H3;1H. The first-order valence-electron chi connectivity index (χ1n) is 8.78. The van der Waals surface area contributed by atoms with Gasteiger partial charge in [-0.25, -0.2) is 0 Å². The summed E-state index contributed by atoms with van der Waals surface area (Å²) in [6.07, 6.45) is 5.26. The second kappa shape index (κ2) is 8.70. The Labute approximate surface area is 146 Å². The molecule has 23 heavy (non-hydrogen) atoms. The molecule has 0 aliphatic carbocycles. The number of halogens is 1. The maximum Gasteiger partial charge on any atom is 0.222 e. The number of likely N-dealkylation sites (tertiary alicyclic amines) is 1. The average Bonchev–Trinajstić information content (AvgIpc) is 3.17. The van der Waals surface area contributed by atoms with Gasteiger partial charge in [0.15, 0.2) is 0 Å². The Hall–Kier alpha value is -1.06. The lowest BCUT2D eigenvalue weighted by Gasteiger charge is -2.25. The molecule has 0 aromatic heterocycles. The van der Waals surface area contributed by atoms with Gasteiger partial charge in [-0.05, 0) is 63.1 Å². The van der Waals surface area contributed by atoms with Crippen molar-refractivity contribution >= 4 is 18.3 Å². The number of nitrogens with one attached hydrogen (secondary N) is 1. The SMILES string of the molecule is CC1C(Cc2ccccc2)CCN1C(=O)CCC1CCNC1.Cl. The van der Waals surface area contributed by atoms with Crippen LogP contribution in [-0.4, -0.2) is 36.5 Å². The Morgan fingerprint density at radius 2 is 2.04 bits per heavy atom. The van der Waals surface area contributed by atoms with Gasteiger partial charge in [0.2, 0.25) is 5.91 Å². The molecule has 2 aliphatic heterocycles. The highest BCUT2D eigenvalue weighted by Gasteiger charge is 2.33. The zero-order valence-electron chi connectivity index (χ0n) is 14.0. The molecule has 0 spiro atoms. The van der Waals surface area contributed by atoms with Crippen molar-refractivity contribution in [1.82, 2.24) is 10.2 Å². The van der Waals surface area contributed by atoms with Gasteiger partial charge in [0, 0.05) is 19.0 Å². The average molecular weight is 337 g/mol. The lowest BCUT2D eigenvalue weighted by molar-refractivity contribution is -0.132. The van der Waals surface area contributed by atoms with Crippen molar-refractivity contribution in [2.24, 2.45) is 11.8 Å². The molecule has 0 saturated carbocycles. The maximum absolute atomic E-state index is 12.5. The van der Waals surface area contributed by atoms with Crippen LogP contribution in [0, 0.1) is 11.8 Å². The molecule has 3 nitrogen and oxygen atoms in total. The molecule has 2 saturated heterocycles. The zero-order chi connectivity index (χ0) is 15.4. The van der Waals surface area contributed by atoms with E-state index in [0.717, 1.165) is 45.3 Å². The van der Waals surface area contributed by atoms with E-state index >= 15 is 0 Å². The van der Waals surface area contributed by atoms with E-state index in [-0.39, 0.29) is 12.4 Å². The minimum Gasteiger partial charge on any atom is -0.340 e. The van der Waals surface area contributed by atoms with Gasteiger partial charge in [-0.2, -0.15) is 0 Å². The van der Waals surface area contributed by atoms with Crippen LogP contribution in [0.1, 0.15) is 38.2 Å². The van der Waals surface area contributed by atoms with Crippen LogP contribution in [0.2, 0.25) is 0 Å². The first-order valence-corrected chi connectivity index (χ1v) is 8.78. The van der Waals surface area contributed by atoms with Crippen molar-refractivity contribution in [2.45, 2.75) is 45.1 Å². The molecular formula is C19H29ClN2O. The summed E-state index contributed by atoms with van der Waals surface area (Å²) in [6, 6.07) is 11.1. The Morgan fingerprint density at radius 1 is 1.26 bits per heavy atom. The molecule has 128 valence electrons. The summed E-state index contributed by atoms with van der Waals surface area (Å²) in [6.45, 7) is 5.40. The molecular weight excluding hydrogens is 308 g/mol. The van der Waals surface area contributed by atoms with E-state index in [4.69, 9.17) is 0 Å². The number of amides is 1. The molecule has 2 fully saturated rings. The molecule has 2 aliphatic rings. The highest BCUT2D eigenvalue weighted by Crippen LogP contribution is 2.28. The molecule has 1 aromatic carbocycles. The summed E-state index contributed by atoms with van der Waals surface area (Å²) in [7, 11) is 0. The molecule has 4 heteroatoms. The van der Waals surface area contributed by atoms with E-state index in [1.54, 1.807) is 0 Å². The van der Waals surface area contributed by atoms with Crippen LogP contribution in [0.25, 0.3) is 0 Å². The summed E-state index contributed by atoms with van der Waals surface area (Å²) >= 11 is 0. The maximum atomic E-state index is 12.5. The predicted molar refractivity (Wildman–Crippen MR) is 96.9 cm³/mol. The lowest BCUT2D eigenvalue weighted by Crippen LogP contribution is -2.36. The lowest BCUT2D eigenvalue weighted by atomic mass is 9.93. The van der Waals surface area contributed by atoms with Gasteiger partial charge in [-0.3, -0.25) is 4.79 Å². The fourth-order valence-electron chi connectivity index (χ4n) is 3.98. The fraction of sp³-hybridized carbons (Fsp3) is 0.632. The van der Waals surface area contributed by atoms with E-state index in [9.17, 15) is 4.79 Å². The van der Waals surface area contributed by atoms with Crippen LogP contribution in [0.15, 0.2) is 30.3 Å². The van der Waals surface area contributed by atoms with Crippen molar-refractivity contribution in [3.8, 4) is 0 Å². The second-order valence-corrected chi connectivity index (χ2v) is 6.96. The van der Waals surface area contributed by atoms with E-state index < -0.39 is 0 Å². The molecule has 3 unspecified atom stereocenters. The molecule has 3 rings (SSSR count). The first-order chi connectivity index (χ1) is 10.7. The Morgan fingerprint density at radius 3 is 2.74 bits per heavy atom. The fourth-order valence-corrected chi connectivity index (χ4v) is 3.98. The largest absolute Gasteiger partial charge is 0.340 e. The van der Waals surface area contributed by atoms with Gasteiger partial charge in [0.05, 0.1) is 0 Å².